The summed E-state index contributed by atoms with van der Waals surface area (Å²) in [5, 5.41) is 8.56. The van der Waals surface area contributed by atoms with E-state index >= 15 is 0 Å². The Labute approximate surface area is 81.8 Å². The van der Waals surface area contributed by atoms with Crippen LogP contribution in [-0.2, 0) is 0 Å². The zero-order valence-corrected chi connectivity index (χ0v) is 8.31. The zero-order valence-electron chi connectivity index (χ0n) is 8.31. The minimum Gasteiger partial charge on any atom is -0.476 e. The van der Waals surface area contributed by atoms with Crippen LogP contribution in [0, 0.1) is 0 Å². The summed E-state index contributed by atoms with van der Waals surface area (Å²) in [6.07, 6.45) is 2.47. The third kappa shape index (κ3) is 3.01. The van der Waals surface area contributed by atoms with E-state index in [4.69, 9.17) is 9.84 Å². The van der Waals surface area contributed by atoms with Gasteiger partial charge in [0.2, 0.25) is 5.88 Å². The van der Waals surface area contributed by atoms with Crippen LogP contribution in [0.2, 0.25) is 0 Å². The first-order valence-electron chi connectivity index (χ1n) is 4.13. The summed E-state index contributed by atoms with van der Waals surface area (Å²) in [6, 6.07) is 0. The molecule has 0 aliphatic carbocycles. The molecule has 5 nitrogen and oxygen atoms in total. The molecule has 0 aliphatic rings. The van der Waals surface area contributed by atoms with Gasteiger partial charge in [0, 0.05) is 0 Å². The van der Waals surface area contributed by atoms with Gasteiger partial charge in [0.25, 0.3) is 0 Å². The highest BCUT2D eigenvalue weighted by molar-refractivity contribution is 5.84. The van der Waals surface area contributed by atoms with Gasteiger partial charge in [0.05, 0.1) is 12.4 Å². The summed E-state index contributed by atoms with van der Waals surface area (Å²) >= 11 is 0. The molecule has 0 aliphatic heterocycles. The highest BCUT2D eigenvalue weighted by atomic mass is 16.5. The molecule has 0 saturated carbocycles. The molecular formula is C9H12N2O3. The Bertz CT molecular complexity index is 327. The Morgan fingerprint density at radius 1 is 1.36 bits per heavy atom. The van der Waals surface area contributed by atoms with Crippen LogP contribution in [-0.4, -0.2) is 26.6 Å². The number of hydrogen-bond donors (Lipinski definition) is 1. The van der Waals surface area contributed by atoms with Crippen molar-refractivity contribution in [3.05, 3.63) is 18.1 Å². The van der Waals surface area contributed by atoms with Gasteiger partial charge in [0.15, 0.2) is 5.69 Å². The number of rotatable bonds is 2. The molecule has 1 N–H and O–H groups in total. The second-order valence-electron chi connectivity index (χ2n) is 3.76. The predicted octanol–water partition coefficient (Wildman–Crippen LogP) is 1.35. The standard InChI is InChI=1S/C9H12N2O3/c1-9(2,3)14-7-5-10-6(4-11-7)8(12)13/h4-5H,1-3H3,(H,12,13). The van der Waals surface area contributed by atoms with E-state index in [0.717, 1.165) is 0 Å². The largest absolute Gasteiger partial charge is 0.476 e. The number of hydrogen-bond acceptors (Lipinski definition) is 4. The minimum absolute atomic E-state index is 0.0914. The van der Waals surface area contributed by atoms with Crippen LogP contribution in [0.15, 0.2) is 12.4 Å². The number of aromatic nitrogens is 2. The van der Waals surface area contributed by atoms with E-state index in [0.29, 0.717) is 5.88 Å². The number of carboxylic acid groups (broad SMARTS) is 1. The topological polar surface area (TPSA) is 72.3 Å². The number of nitrogens with zero attached hydrogens (tertiary/aromatic N) is 2. The van der Waals surface area contributed by atoms with Gasteiger partial charge in [-0.05, 0) is 20.8 Å². The average Bonchev–Trinajstić information content (AvgIpc) is 2.02. The van der Waals surface area contributed by atoms with Gasteiger partial charge in [-0.2, -0.15) is 0 Å². The number of ether oxygens (including phenoxy) is 1. The Hall–Kier alpha value is -1.65. The van der Waals surface area contributed by atoms with Crippen molar-refractivity contribution in [1.29, 1.82) is 0 Å². The molecule has 1 rings (SSSR count). The van der Waals surface area contributed by atoms with E-state index in [-0.39, 0.29) is 11.3 Å². The van der Waals surface area contributed by atoms with Crippen LogP contribution in [0.1, 0.15) is 31.3 Å². The molecule has 1 aromatic rings. The molecule has 0 spiro atoms. The molecular weight excluding hydrogens is 184 g/mol. The Balaban J connectivity index is 2.79. The quantitative estimate of drug-likeness (QED) is 0.772. The number of aromatic carboxylic acids is 1. The summed E-state index contributed by atoms with van der Waals surface area (Å²) in [5.41, 5.74) is -0.453. The van der Waals surface area contributed by atoms with Crippen LogP contribution in [0.25, 0.3) is 0 Å². The summed E-state index contributed by atoms with van der Waals surface area (Å²) < 4.78 is 5.37. The van der Waals surface area contributed by atoms with Gasteiger partial charge in [-0.15, -0.1) is 0 Å². The number of carbonyl (C=O) groups is 1. The maximum absolute atomic E-state index is 10.5. The SMILES string of the molecule is CC(C)(C)Oc1cnc(C(=O)O)cn1. The molecule has 0 radical (unpaired) electrons. The second-order valence-corrected chi connectivity index (χ2v) is 3.76. The minimum atomic E-state index is -1.10. The Morgan fingerprint density at radius 3 is 2.36 bits per heavy atom. The summed E-state index contributed by atoms with van der Waals surface area (Å²) in [7, 11) is 0. The lowest BCUT2D eigenvalue weighted by Gasteiger charge is -2.19. The normalized spacial score (nSPS) is 11.1. The first-order valence-corrected chi connectivity index (χ1v) is 4.13. The first kappa shape index (κ1) is 10.4. The molecule has 76 valence electrons. The zero-order chi connectivity index (χ0) is 10.8. The van der Waals surface area contributed by atoms with E-state index < -0.39 is 5.97 Å². The van der Waals surface area contributed by atoms with Gasteiger partial charge in [-0.3, -0.25) is 0 Å². The number of carboxylic acids is 1. The van der Waals surface area contributed by atoms with Crippen LogP contribution < -0.4 is 4.74 Å². The maximum atomic E-state index is 10.5. The smallest absolute Gasteiger partial charge is 0.356 e. The van der Waals surface area contributed by atoms with E-state index in [1.807, 2.05) is 20.8 Å². The summed E-state index contributed by atoms with van der Waals surface area (Å²) in [5.74, 6) is -0.776. The molecule has 0 bridgehead atoms. The molecule has 0 unspecified atom stereocenters. The fraction of sp³-hybridized carbons (Fsp3) is 0.444. The van der Waals surface area contributed by atoms with E-state index in [9.17, 15) is 4.79 Å². The molecule has 14 heavy (non-hydrogen) atoms. The highest BCUT2D eigenvalue weighted by Gasteiger charge is 2.13. The monoisotopic (exact) mass is 196 g/mol. The Morgan fingerprint density at radius 2 is 2.00 bits per heavy atom. The van der Waals surface area contributed by atoms with Gasteiger partial charge in [-0.25, -0.2) is 14.8 Å². The summed E-state index contributed by atoms with van der Waals surface area (Å²) in [4.78, 5) is 17.9. The van der Waals surface area contributed by atoms with Gasteiger partial charge in [0.1, 0.15) is 5.60 Å². The molecule has 0 saturated heterocycles. The lowest BCUT2D eigenvalue weighted by Crippen LogP contribution is -2.23. The highest BCUT2D eigenvalue weighted by Crippen LogP contribution is 2.13. The Kier molecular flexibility index (Phi) is 2.69. The maximum Gasteiger partial charge on any atom is 0.356 e. The first-order chi connectivity index (χ1) is 6.38. The van der Waals surface area contributed by atoms with Crippen molar-refractivity contribution in [1.82, 2.24) is 9.97 Å². The van der Waals surface area contributed by atoms with Crippen LogP contribution in [0.5, 0.6) is 5.88 Å². The van der Waals surface area contributed by atoms with E-state index in [2.05, 4.69) is 9.97 Å². The average molecular weight is 196 g/mol. The van der Waals surface area contributed by atoms with Crippen molar-refractivity contribution in [3.8, 4) is 5.88 Å². The second kappa shape index (κ2) is 3.61. The van der Waals surface area contributed by atoms with Gasteiger partial charge in [-0.1, -0.05) is 0 Å². The summed E-state index contributed by atoms with van der Waals surface area (Å²) in [6.45, 7) is 5.62. The fourth-order valence-electron chi connectivity index (χ4n) is 0.793. The molecule has 0 aromatic carbocycles. The van der Waals surface area contributed by atoms with Crippen molar-refractivity contribution in [3.63, 3.8) is 0 Å². The van der Waals surface area contributed by atoms with Crippen molar-refractivity contribution in [2.24, 2.45) is 0 Å². The molecule has 1 heterocycles. The van der Waals surface area contributed by atoms with Gasteiger partial charge >= 0.3 is 5.97 Å². The van der Waals surface area contributed by atoms with Crippen molar-refractivity contribution < 1.29 is 14.6 Å². The van der Waals surface area contributed by atoms with Crippen molar-refractivity contribution >= 4 is 5.97 Å². The third-order valence-electron chi connectivity index (χ3n) is 1.26. The fourth-order valence-corrected chi connectivity index (χ4v) is 0.793. The van der Waals surface area contributed by atoms with Crippen LogP contribution >= 0.6 is 0 Å². The lowest BCUT2D eigenvalue weighted by molar-refractivity contribution is 0.0689. The van der Waals surface area contributed by atoms with E-state index in [1.54, 1.807) is 0 Å². The third-order valence-corrected chi connectivity index (χ3v) is 1.26. The molecule has 0 fully saturated rings. The van der Waals surface area contributed by atoms with E-state index in [1.165, 1.54) is 12.4 Å². The molecule has 5 heteroatoms. The van der Waals surface area contributed by atoms with Crippen LogP contribution in [0.3, 0.4) is 0 Å². The van der Waals surface area contributed by atoms with Crippen molar-refractivity contribution in [2.75, 3.05) is 0 Å². The van der Waals surface area contributed by atoms with Crippen molar-refractivity contribution in [2.45, 2.75) is 26.4 Å². The molecule has 1 aromatic heterocycles. The van der Waals surface area contributed by atoms with Crippen LogP contribution in [0.4, 0.5) is 0 Å². The lowest BCUT2D eigenvalue weighted by atomic mass is 10.2. The molecule has 0 atom stereocenters. The predicted molar refractivity (Wildman–Crippen MR) is 49.4 cm³/mol. The van der Waals surface area contributed by atoms with Gasteiger partial charge < -0.3 is 9.84 Å². The molecule has 0 amide bonds.